The predicted molar refractivity (Wildman–Crippen MR) is 98.2 cm³/mol. The lowest BCUT2D eigenvalue weighted by atomic mass is 10.0. The first-order chi connectivity index (χ1) is 13.0. The summed E-state index contributed by atoms with van der Waals surface area (Å²) in [5, 5.41) is 2.57. The Morgan fingerprint density at radius 3 is 2.56 bits per heavy atom. The van der Waals surface area contributed by atoms with E-state index < -0.39 is 23.6 Å². The summed E-state index contributed by atoms with van der Waals surface area (Å²) in [6, 6.07) is 9.34. The highest BCUT2D eigenvalue weighted by molar-refractivity contribution is 6.99. The molecule has 27 heavy (non-hydrogen) atoms. The maximum atomic E-state index is 12.7. The number of hydrogen-bond donors (Lipinski definition) is 2. The Morgan fingerprint density at radius 1 is 1.19 bits per heavy atom. The van der Waals surface area contributed by atoms with E-state index in [4.69, 9.17) is 21.8 Å². The van der Waals surface area contributed by atoms with Crippen molar-refractivity contribution in [2.45, 2.75) is 12.5 Å². The van der Waals surface area contributed by atoms with Gasteiger partial charge in [0.2, 0.25) is 11.0 Å². The highest BCUT2D eigenvalue weighted by Gasteiger charge is 2.29. The molecule has 0 spiro atoms. The van der Waals surface area contributed by atoms with Crippen molar-refractivity contribution in [3.05, 3.63) is 59.1 Å². The van der Waals surface area contributed by atoms with Crippen LogP contribution in [0.15, 0.2) is 47.1 Å². The van der Waals surface area contributed by atoms with E-state index in [0.717, 1.165) is 17.3 Å². The van der Waals surface area contributed by atoms with Gasteiger partial charge in [0.05, 0.1) is 23.6 Å². The second-order valence-corrected chi connectivity index (χ2v) is 6.39. The van der Waals surface area contributed by atoms with Gasteiger partial charge in [-0.2, -0.15) is 8.75 Å². The van der Waals surface area contributed by atoms with E-state index in [-0.39, 0.29) is 23.0 Å². The van der Waals surface area contributed by atoms with Gasteiger partial charge in [0.25, 0.3) is 11.8 Å². The van der Waals surface area contributed by atoms with Crippen LogP contribution in [0.3, 0.4) is 0 Å². The number of hydrogen-bond acceptors (Lipinski definition) is 7. The van der Waals surface area contributed by atoms with Gasteiger partial charge in [-0.05, 0) is 23.2 Å². The minimum absolute atomic E-state index is 0.0290. The second-order valence-electron chi connectivity index (χ2n) is 5.51. The Morgan fingerprint density at radius 2 is 1.93 bits per heavy atom. The van der Waals surface area contributed by atoms with Gasteiger partial charge >= 0.3 is 0 Å². The smallest absolute Gasteiger partial charge is 0.287 e. The fourth-order valence-electron chi connectivity index (χ4n) is 2.43. The molecule has 8 nitrogen and oxygen atoms in total. The second kappa shape index (κ2) is 8.11. The lowest BCUT2D eigenvalue weighted by molar-refractivity contribution is -0.137. The van der Waals surface area contributed by atoms with Crippen molar-refractivity contribution >= 4 is 40.9 Å². The molecule has 1 aromatic carbocycles. The molecular formula is C17H13ClN4O4S. The maximum absolute atomic E-state index is 12.7. The number of halogens is 1. The number of nitrogens with zero attached hydrogens (tertiary/aromatic N) is 2. The number of primary amides is 1. The molecule has 2 amide bonds. The van der Waals surface area contributed by atoms with Crippen LogP contribution >= 0.6 is 23.3 Å². The van der Waals surface area contributed by atoms with Gasteiger partial charge in [-0.15, -0.1) is 0 Å². The van der Waals surface area contributed by atoms with Crippen molar-refractivity contribution in [1.29, 1.82) is 0 Å². The van der Waals surface area contributed by atoms with Crippen molar-refractivity contribution in [1.82, 2.24) is 14.1 Å². The Bertz CT molecular complexity index is 986. The quantitative estimate of drug-likeness (QED) is 0.578. The number of aromatic nitrogens is 2. The third kappa shape index (κ3) is 4.21. The van der Waals surface area contributed by atoms with Crippen molar-refractivity contribution in [3.63, 3.8) is 0 Å². The van der Waals surface area contributed by atoms with Crippen molar-refractivity contribution in [3.8, 4) is 11.3 Å². The lowest BCUT2D eigenvalue weighted by Gasteiger charge is -2.16. The van der Waals surface area contributed by atoms with Crippen molar-refractivity contribution in [2.75, 3.05) is 0 Å². The van der Waals surface area contributed by atoms with E-state index >= 15 is 0 Å². The van der Waals surface area contributed by atoms with Crippen LogP contribution in [0.25, 0.3) is 11.3 Å². The molecule has 1 atom stereocenters. The summed E-state index contributed by atoms with van der Waals surface area (Å²) in [5.74, 6) is -2.71. The van der Waals surface area contributed by atoms with Crippen LogP contribution in [-0.2, 0) is 16.0 Å². The van der Waals surface area contributed by atoms with E-state index in [1.807, 2.05) is 6.07 Å². The molecule has 0 aliphatic rings. The van der Waals surface area contributed by atoms with Crippen LogP contribution in [-0.4, -0.2) is 32.4 Å². The lowest BCUT2D eigenvalue weighted by Crippen LogP contribution is -2.47. The van der Waals surface area contributed by atoms with Gasteiger partial charge in [-0.1, -0.05) is 30.3 Å². The number of rotatable bonds is 7. The minimum Gasteiger partial charge on any atom is -0.452 e. The van der Waals surface area contributed by atoms with E-state index in [1.54, 1.807) is 30.3 Å². The van der Waals surface area contributed by atoms with Gasteiger partial charge in [0.1, 0.15) is 11.7 Å². The average molecular weight is 405 g/mol. The van der Waals surface area contributed by atoms with Gasteiger partial charge < -0.3 is 15.5 Å². The molecule has 3 aromatic rings. The molecule has 0 aliphatic heterocycles. The highest BCUT2D eigenvalue weighted by atomic mass is 35.5. The zero-order valence-electron chi connectivity index (χ0n) is 13.7. The van der Waals surface area contributed by atoms with Crippen LogP contribution in [0.1, 0.15) is 16.1 Å². The Balaban J connectivity index is 1.85. The molecule has 3 rings (SSSR count). The largest absolute Gasteiger partial charge is 0.452 e. The van der Waals surface area contributed by atoms with Crippen LogP contribution in [0.4, 0.5) is 0 Å². The molecular weight excluding hydrogens is 392 g/mol. The minimum atomic E-state index is -1.13. The van der Waals surface area contributed by atoms with Crippen LogP contribution in [0.2, 0.25) is 5.22 Å². The van der Waals surface area contributed by atoms with Crippen molar-refractivity contribution in [2.24, 2.45) is 5.73 Å². The zero-order valence-corrected chi connectivity index (χ0v) is 15.3. The molecule has 2 aromatic heterocycles. The summed E-state index contributed by atoms with van der Waals surface area (Å²) in [6.07, 6.45) is 1.46. The van der Waals surface area contributed by atoms with Gasteiger partial charge in [0, 0.05) is 6.42 Å². The highest BCUT2D eigenvalue weighted by Crippen LogP contribution is 2.30. The number of benzene rings is 1. The molecule has 1 unspecified atom stereocenters. The third-order valence-corrected chi connectivity index (χ3v) is 4.55. The first-order valence-electron chi connectivity index (χ1n) is 7.71. The standard InChI is InChI=1S/C17H13ClN4O4S/c18-15-10(6-7-26-15)12-13(22-27-21-12)17(25)20-11(14(23)16(19)24)8-9-4-2-1-3-5-9/h1-7,11H,8H2,(H2,19,24)(H,20,25). The topological polar surface area (TPSA) is 128 Å². The van der Waals surface area contributed by atoms with E-state index in [2.05, 4.69) is 14.1 Å². The average Bonchev–Trinajstić information content (AvgIpc) is 3.29. The van der Waals surface area contributed by atoms with E-state index in [9.17, 15) is 14.4 Å². The number of Topliss-reactive ketones (excluding diaryl/α,β-unsaturated/α-hetero) is 1. The molecule has 2 heterocycles. The fraction of sp³-hybridized carbons (Fsp3) is 0.118. The van der Waals surface area contributed by atoms with E-state index in [1.165, 1.54) is 6.26 Å². The van der Waals surface area contributed by atoms with Crippen LogP contribution in [0, 0.1) is 0 Å². The van der Waals surface area contributed by atoms with Gasteiger partial charge in [-0.3, -0.25) is 14.4 Å². The fourth-order valence-corrected chi connectivity index (χ4v) is 3.20. The summed E-state index contributed by atoms with van der Waals surface area (Å²) in [7, 11) is 0. The molecule has 0 bridgehead atoms. The predicted octanol–water partition coefficient (Wildman–Crippen LogP) is 1.85. The van der Waals surface area contributed by atoms with Crippen LogP contribution in [0.5, 0.6) is 0 Å². The van der Waals surface area contributed by atoms with Crippen molar-refractivity contribution < 1.29 is 18.8 Å². The number of furan rings is 1. The summed E-state index contributed by atoms with van der Waals surface area (Å²) >= 11 is 6.75. The number of ketones is 1. The van der Waals surface area contributed by atoms with E-state index in [0.29, 0.717) is 5.56 Å². The number of carbonyl (C=O) groups is 3. The SMILES string of the molecule is NC(=O)C(=O)C(Cc1ccccc1)NC(=O)c1nsnc1-c1ccoc1Cl. The number of amides is 2. The zero-order chi connectivity index (χ0) is 19.4. The summed E-state index contributed by atoms with van der Waals surface area (Å²) < 4.78 is 13.0. The molecule has 3 N–H and O–H groups in total. The van der Waals surface area contributed by atoms with Crippen LogP contribution < -0.4 is 11.1 Å². The Kier molecular flexibility index (Phi) is 5.63. The number of nitrogens with two attached hydrogens (primary N) is 1. The first-order valence-corrected chi connectivity index (χ1v) is 8.82. The molecule has 0 saturated heterocycles. The molecule has 0 radical (unpaired) electrons. The maximum Gasteiger partial charge on any atom is 0.287 e. The number of carbonyl (C=O) groups excluding carboxylic acids is 3. The third-order valence-electron chi connectivity index (χ3n) is 3.72. The molecule has 10 heteroatoms. The Labute approximate surface area is 162 Å². The monoisotopic (exact) mass is 404 g/mol. The molecule has 138 valence electrons. The summed E-state index contributed by atoms with van der Waals surface area (Å²) in [6.45, 7) is 0. The Hall–Kier alpha value is -3.04. The molecule has 0 aliphatic carbocycles. The van der Waals surface area contributed by atoms with Gasteiger partial charge in [-0.25, -0.2) is 0 Å². The summed E-state index contributed by atoms with van der Waals surface area (Å²) in [5.41, 5.74) is 6.47. The first kappa shape index (κ1) is 18.7. The number of nitrogens with one attached hydrogen (secondary N) is 1. The van der Waals surface area contributed by atoms with Gasteiger partial charge in [0.15, 0.2) is 5.69 Å². The summed E-state index contributed by atoms with van der Waals surface area (Å²) in [4.78, 5) is 36.2. The molecule has 0 saturated carbocycles. The normalized spacial score (nSPS) is 11.7. The molecule has 0 fully saturated rings.